The number of nitrogens with one attached hydrogen (secondary N) is 1. The Morgan fingerprint density at radius 3 is 2.63 bits per heavy atom. The molecule has 2 aromatic carbocycles. The number of carbonyl (C=O) groups is 1. The smallest absolute Gasteiger partial charge is 0.277 e. The molecule has 4 rings (SSSR count). The quantitative estimate of drug-likeness (QED) is 0.768. The number of benzene rings is 2. The second-order valence-electron chi connectivity index (χ2n) is 6.57. The summed E-state index contributed by atoms with van der Waals surface area (Å²) >= 11 is 0. The number of pyridine rings is 1. The van der Waals surface area contributed by atoms with Crippen molar-refractivity contribution in [2.45, 2.75) is 13.0 Å². The number of hydrogen-bond donors (Lipinski definition) is 1. The van der Waals surface area contributed by atoms with E-state index >= 15 is 0 Å². The number of para-hydroxylation sites is 2. The molecule has 1 unspecified atom stereocenters. The van der Waals surface area contributed by atoms with E-state index in [1.54, 1.807) is 31.3 Å². The van der Waals surface area contributed by atoms with Crippen molar-refractivity contribution in [3.8, 4) is 11.5 Å². The van der Waals surface area contributed by atoms with Gasteiger partial charge in [0.05, 0.1) is 31.1 Å². The number of rotatable bonds is 3. The second-order valence-corrected chi connectivity index (χ2v) is 6.57. The Morgan fingerprint density at radius 2 is 1.85 bits per heavy atom. The Labute approximate surface area is 157 Å². The van der Waals surface area contributed by atoms with Crippen LogP contribution in [0.15, 0.2) is 48.5 Å². The van der Waals surface area contributed by atoms with E-state index in [1.807, 2.05) is 36.4 Å². The molecule has 1 amide bonds. The van der Waals surface area contributed by atoms with Crippen molar-refractivity contribution in [3.05, 3.63) is 54.2 Å². The number of methoxy groups -OCH3 is 2. The minimum absolute atomic E-state index is 0.118. The number of aromatic nitrogens is 1. The fraction of sp³-hybridized carbons (Fsp3) is 0.238. The summed E-state index contributed by atoms with van der Waals surface area (Å²) in [4.78, 5) is 19.6. The third kappa shape index (κ3) is 3.03. The van der Waals surface area contributed by atoms with Gasteiger partial charge in [0.25, 0.3) is 5.91 Å². The number of anilines is 2. The molecule has 6 heteroatoms. The Bertz CT molecular complexity index is 1020. The molecular formula is C21H21N3O3. The minimum atomic E-state index is -0.118. The van der Waals surface area contributed by atoms with Gasteiger partial charge in [-0.2, -0.15) is 0 Å². The zero-order valence-corrected chi connectivity index (χ0v) is 15.5. The highest BCUT2D eigenvalue weighted by molar-refractivity contribution is 6.08. The highest BCUT2D eigenvalue weighted by atomic mass is 16.5. The summed E-state index contributed by atoms with van der Waals surface area (Å²) in [5, 5.41) is 4.30. The first-order chi connectivity index (χ1) is 13.1. The van der Waals surface area contributed by atoms with Crippen LogP contribution in [0.2, 0.25) is 0 Å². The van der Waals surface area contributed by atoms with E-state index in [0.29, 0.717) is 29.3 Å². The van der Waals surface area contributed by atoms with Crippen molar-refractivity contribution < 1.29 is 14.3 Å². The highest BCUT2D eigenvalue weighted by Crippen LogP contribution is 2.33. The topological polar surface area (TPSA) is 63.7 Å². The average molecular weight is 363 g/mol. The molecule has 0 saturated carbocycles. The summed E-state index contributed by atoms with van der Waals surface area (Å²) in [7, 11) is 3.18. The van der Waals surface area contributed by atoms with Crippen LogP contribution in [0.25, 0.3) is 10.9 Å². The van der Waals surface area contributed by atoms with Crippen molar-refractivity contribution >= 4 is 28.2 Å². The average Bonchev–Trinajstić information content (AvgIpc) is 2.71. The van der Waals surface area contributed by atoms with Crippen LogP contribution in [0.4, 0.5) is 11.4 Å². The second kappa shape index (κ2) is 6.79. The molecule has 0 spiro atoms. The molecule has 1 aromatic heterocycles. The normalized spacial score (nSPS) is 15.8. The third-order valence-electron chi connectivity index (χ3n) is 4.71. The fourth-order valence-corrected chi connectivity index (χ4v) is 3.41. The van der Waals surface area contributed by atoms with Gasteiger partial charge >= 0.3 is 0 Å². The van der Waals surface area contributed by atoms with Gasteiger partial charge in [-0.25, -0.2) is 4.98 Å². The molecule has 0 radical (unpaired) electrons. The van der Waals surface area contributed by atoms with Gasteiger partial charge in [0.1, 0.15) is 5.69 Å². The number of carbonyl (C=O) groups excluding carboxylic acids is 1. The zero-order chi connectivity index (χ0) is 19.0. The first-order valence-electron chi connectivity index (χ1n) is 8.81. The van der Waals surface area contributed by atoms with Crippen LogP contribution in [0.5, 0.6) is 11.5 Å². The van der Waals surface area contributed by atoms with Gasteiger partial charge in [-0.3, -0.25) is 4.79 Å². The molecule has 1 aliphatic rings. The van der Waals surface area contributed by atoms with Crippen molar-refractivity contribution in [1.29, 1.82) is 0 Å². The van der Waals surface area contributed by atoms with Gasteiger partial charge in [0.15, 0.2) is 11.5 Å². The Hall–Kier alpha value is -3.28. The van der Waals surface area contributed by atoms with Crippen LogP contribution in [0.3, 0.4) is 0 Å². The molecule has 1 aliphatic heterocycles. The van der Waals surface area contributed by atoms with Crippen LogP contribution in [0, 0.1) is 0 Å². The molecule has 0 fully saturated rings. The van der Waals surface area contributed by atoms with Gasteiger partial charge in [0, 0.05) is 24.0 Å². The number of ether oxygens (including phenoxy) is 2. The van der Waals surface area contributed by atoms with Crippen LogP contribution in [-0.2, 0) is 0 Å². The number of hydrogen-bond acceptors (Lipinski definition) is 5. The van der Waals surface area contributed by atoms with E-state index in [2.05, 4.69) is 17.2 Å². The molecule has 0 bridgehead atoms. The standard InChI is InChI=1S/C21H21N3O3/c1-13-12-24(18-7-5-4-6-15(18)22-13)21(25)16-9-8-14-10-19(26-2)20(27-3)11-17(14)23-16/h4-11,13,22H,12H2,1-3H3. The molecule has 138 valence electrons. The van der Waals surface area contributed by atoms with Crippen molar-refractivity contribution in [2.24, 2.45) is 0 Å². The van der Waals surface area contributed by atoms with Crippen LogP contribution in [0.1, 0.15) is 17.4 Å². The lowest BCUT2D eigenvalue weighted by Crippen LogP contribution is -2.43. The largest absolute Gasteiger partial charge is 0.493 e. The summed E-state index contributed by atoms with van der Waals surface area (Å²) in [6.45, 7) is 2.64. The van der Waals surface area contributed by atoms with Crippen molar-refractivity contribution in [3.63, 3.8) is 0 Å². The molecule has 1 N–H and O–H groups in total. The Morgan fingerprint density at radius 1 is 1.11 bits per heavy atom. The van der Waals surface area contributed by atoms with Crippen LogP contribution >= 0.6 is 0 Å². The van der Waals surface area contributed by atoms with E-state index in [1.165, 1.54) is 0 Å². The molecule has 1 atom stereocenters. The summed E-state index contributed by atoms with van der Waals surface area (Å²) < 4.78 is 10.7. The molecule has 0 saturated heterocycles. The maximum atomic E-state index is 13.2. The summed E-state index contributed by atoms with van der Waals surface area (Å²) in [5.74, 6) is 1.10. The zero-order valence-electron chi connectivity index (χ0n) is 15.5. The highest BCUT2D eigenvalue weighted by Gasteiger charge is 2.27. The maximum absolute atomic E-state index is 13.2. The van der Waals surface area contributed by atoms with Gasteiger partial charge in [-0.15, -0.1) is 0 Å². The number of amides is 1. The van der Waals surface area contributed by atoms with E-state index in [9.17, 15) is 4.79 Å². The monoisotopic (exact) mass is 363 g/mol. The molecule has 3 aromatic rings. The van der Waals surface area contributed by atoms with Gasteiger partial charge in [-0.05, 0) is 31.2 Å². The summed E-state index contributed by atoms with van der Waals surface area (Å²) in [6.07, 6.45) is 0. The van der Waals surface area contributed by atoms with Gasteiger partial charge in [0.2, 0.25) is 0 Å². The van der Waals surface area contributed by atoms with Gasteiger partial charge < -0.3 is 19.7 Å². The Kier molecular flexibility index (Phi) is 4.32. The first kappa shape index (κ1) is 17.1. The van der Waals surface area contributed by atoms with E-state index < -0.39 is 0 Å². The molecule has 0 aliphatic carbocycles. The molecule has 2 heterocycles. The van der Waals surface area contributed by atoms with Gasteiger partial charge in [-0.1, -0.05) is 18.2 Å². The predicted molar refractivity (Wildman–Crippen MR) is 106 cm³/mol. The van der Waals surface area contributed by atoms with E-state index in [4.69, 9.17) is 9.47 Å². The van der Waals surface area contributed by atoms with Crippen molar-refractivity contribution in [1.82, 2.24) is 4.98 Å². The van der Waals surface area contributed by atoms with Crippen molar-refractivity contribution in [2.75, 3.05) is 31.0 Å². The molecule has 6 nitrogen and oxygen atoms in total. The fourth-order valence-electron chi connectivity index (χ4n) is 3.41. The van der Waals surface area contributed by atoms with Crippen LogP contribution in [-0.4, -0.2) is 37.7 Å². The lowest BCUT2D eigenvalue weighted by molar-refractivity contribution is 0.0981. The van der Waals surface area contributed by atoms with Crippen LogP contribution < -0.4 is 19.7 Å². The lowest BCUT2D eigenvalue weighted by atomic mass is 10.1. The third-order valence-corrected chi connectivity index (χ3v) is 4.71. The molecular weight excluding hydrogens is 342 g/mol. The number of fused-ring (bicyclic) bond motifs is 2. The summed E-state index contributed by atoms with van der Waals surface area (Å²) in [5.41, 5.74) is 2.92. The number of nitrogens with zero attached hydrogens (tertiary/aromatic N) is 2. The summed E-state index contributed by atoms with van der Waals surface area (Å²) in [6, 6.07) is 15.3. The Balaban J connectivity index is 1.75. The van der Waals surface area contributed by atoms with E-state index in [0.717, 1.165) is 16.8 Å². The molecule has 27 heavy (non-hydrogen) atoms. The predicted octanol–water partition coefficient (Wildman–Crippen LogP) is 3.71. The SMILES string of the molecule is COc1cc2ccc(C(=O)N3CC(C)Nc4ccccc43)nc2cc1OC. The minimum Gasteiger partial charge on any atom is -0.493 e. The first-order valence-corrected chi connectivity index (χ1v) is 8.81. The van der Waals surface area contributed by atoms with E-state index in [-0.39, 0.29) is 11.9 Å². The lowest BCUT2D eigenvalue weighted by Gasteiger charge is -2.34. The maximum Gasteiger partial charge on any atom is 0.277 e.